The largest absolute Gasteiger partial charge is 0.466 e. The second-order valence-electron chi connectivity index (χ2n) is 3.70. The van der Waals surface area contributed by atoms with Gasteiger partial charge in [-0.3, -0.25) is 4.79 Å². The molecular formula is C11H14O3S. The van der Waals surface area contributed by atoms with Crippen LogP contribution in [0.1, 0.15) is 29.9 Å². The summed E-state index contributed by atoms with van der Waals surface area (Å²) >= 11 is 1.60. The highest BCUT2D eigenvalue weighted by molar-refractivity contribution is 7.10. The van der Waals surface area contributed by atoms with E-state index in [0.29, 0.717) is 19.4 Å². The van der Waals surface area contributed by atoms with Gasteiger partial charge in [0.1, 0.15) is 0 Å². The first-order chi connectivity index (χ1) is 7.22. The molecular weight excluding hydrogens is 212 g/mol. The first-order valence-corrected chi connectivity index (χ1v) is 6.01. The van der Waals surface area contributed by atoms with Gasteiger partial charge in [0.15, 0.2) is 0 Å². The minimum Gasteiger partial charge on any atom is -0.466 e. The van der Waals surface area contributed by atoms with Crippen molar-refractivity contribution in [1.29, 1.82) is 0 Å². The third-order valence-corrected chi connectivity index (χ3v) is 3.66. The second-order valence-corrected chi connectivity index (χ2v) is 4.70. The normalized spacial score (nSPS) is 24.7. The van der Waals surface area contributed by atoms with Crippen LogP contribution in [0, 0.1) is 5.92 Å². The third-order valence-electron chi connectivity index (χ3n) is 2.70. The number of hydrogen-bond donors (Lipinski definition) is 1. The summed E-state index contributed by atoms with van der Waals surface area (Å²) in [7, 11) is 0. The molecule has 1 N–H and O–H groups in total. The van der Waals surface area contributed by atoms with Gasteiger partial charge in [-0.05, 0) is 36.8 Å². The molecule has 1 aromatic rings. The van der Waals surface area contributed by atoms with Crippen molar-refractivity contribution in [2.45, 2.75) is 25.9 Å². The fraction of sp³-hybridized carbons (Fsp3) is 0.545. The van der Waals surface area contributed by atoms with Gasteiger partial charge < -0.3 is 9.84 Å². The Balaban J connectivity index is 2.12. The summed E-state index contributed by atoms with van der Waals surface area (Å²) < 4.78 is 4.98. The lowest BCUT2D eigenvalue weighted by atomic mass is 9.87. The van der Waals surface area contributed by atoms with Gasteiger partial charge in [-0.2, -0.15) is 0 Å². The fourth-order valence-electron chi connectivity index (χ4n) is 1.96. The number of aliphatic hydroxyl groups excluding tert-OH is 1. The van der Waals surface area contributed by atoms with Gasteiger partial charge in [-0.15, -0.1) is 11.3 Å². The van der Waals surface area contributed by atoms with Crippen LogP contribution in [0.2, 0.25) is 0 Å². The van der Waals surface area contributed by atoms with E-state index in [1.807, 2.05) is 11.4 Å². The molecule has 1 aromatic heterocycles. The quantitative estimate of drug-likeness (QED) is 0.783. The van der Waals surface area contributed by atoms with Crippen LogP contribution in [0.4, 0.5) is 0 Å². The molecule has 0 saturated carbocycles. The number of rotatable bonds is 2. The third kappa shape index (κ3) is 2.06. The summed E-state index contributed by atoms with van der Waals surface area (Å²) in [6.45, 7) is 2.20. The Morgan fingerprint density at radius 2 is 2.53 bits per heavy atom. The highest BCUT2D eigenvalue weighted by Crippen LogP contribution is 2.36. The zero-order chi connectivity index (χ0) is 10.8. The zero-order valence-electron chi connectivity index (χ0n) is 8.60. The topological polar surface area (TPSA) is 46.5 Å². The Morgan fingerprint density at radius 1 is 1.73 bits per heavy atom. The predicted molar refractivity (Wildman–Crippen MR) is 57.7 cm³/mol. The predicted octanol–water partition coefficient (Wildman–Crippen LogP) is 1.91. The minimum atomic E-state index is -0.505. The van der Waals surface area contributed by atoms with Gasteiger partial charge >= 0.3 is 5.97 Å². The van der Waals surface area contributed by atoms with Crippen molar-refractivity contribution in [3.8, 4) is 0 Å². The maximum absolute atomic E-state index is 11.5. The standard InChI is InChI=1S/C11H14O3S/c1-2-14-11(13)7-5-9(12)8-3-4-15-10(8)6-7/h3-4,7,9,12H,2,5-6H2,1H3. The van der Waals surface area contributed by atoms with E-state index in [2.05, 4.69) is 0 Å². The average molecular weight is 226 g/mol. The van der Waals surface area contributed by atoms with Crippen LogP contribution in [0.5, 0.6) is 0 Å². The van der Waals surface area contributed by atoms with Gasteiger partial charge in [0.2, 0.25) is 0 Å². The molecule has 0 amide bonds. The summed E-state index contributed by atoms with van der Waals surface area (Å²) in [6, 6.07) is 1.94. The zero-order valence-corrected chi connectivity index (χ0v) is 9.42. The van der Waals surface area contributed by atoms with Crippen LogP contribution < -0.4 is 0 Å². The molecule has 2 unspecified atom stereocenters. The molecule has 82 valence electrons. The lowest BCUT2D eigenvalue weighted by molar-refractivity contribution is -0.149. The summed E-state index contributed by atoms with van der Waals surface area (Å²) in [5.74, 6) is -0.360. The Hall–Kier alpha value is -0.870. The van der Waals surface area contributed by atoms with Crippen molar-refractivity contribution in [3.05, 3.63) is 21.9 Å². The fourth-order valence-corrected chi connectivity index (χ4v) is 2.97. The van der Waals surface area contributed by atoms with E-state index >= 15 is 0 Å². The van der Waals surface area contributed by atoms with Crippen molar-refractivity contribution in [2.24, 2.45) is 5.92 Å². The molecule has 0 fully saturated rings. The van der Waals surface area contributed by atoms with E-state index in [1.54, 1.807) is 18.3 Å². The molecule has 2 rings (SSSR count). The van der Waals surface area contributed by atoms with Crippen LogP contribution in [-0.2, 0) is 16.0 Å². The molecule has 1 heterocycles. The van der Waals surface area contributed by atoms with Crippen molar-refractivity contribution in [3.63, 3.8) is 0 Å². The SMILES string of the molecule is CCOC(=O)C1Cc2sccc2C(O)C1. The summed E-state index contributed by atoms with van der Waals surface area (Å²) in [5.41, 5.74) is 0.987. The molecule has 0 bridgehead atoms. The smallest absolute Gasteiger partial charge is 0.309 e. The Morgan fingerprint density at radius 3 is 3.27 bits per heavy atom. The summed E-state index contributed by atoms with van der Waals surface area (Å²) in [5, 5.41) is 11.8. The maximum Gasteiger partial charge on any atom is 0.309 e. The van der Waals surface area contributed by atoms with Crippen LogP contribution in [-0.4, -0.2) is 17.7 Å². The molecule has 0 spiro atoms. The van der Waals surface area contributed by atoms with Crippen molar-refractivity contribution in [1.82, 2.24) is 0 Å². The van der Waals surface area contributed by atoms with Crippen molar-refractivity contribution >= 4 is 17.3 Å². The van der Waals surface area contributed by atoms with Crippen LogP contribution in [0.15, 0.2) is 11.4 Å². The van der Waals surface area contributed by atoms with Crippen LogP contribution >= 0.6 is 11.3 Å². The van der Waals surface area contributed by atoms with Gasteiger partial charge in [-0.25, -0.2) is 0 Å². The van der Waals surface area contributed by atoms with E-state index in [9.17, 15) is 9.90 Å². The molecule has 0 radical (unpaired) electrons. The Labute approximate surface area is 92.7 Å². The molecule has 1 aliphatic carbocycles. The molecule has 3 nitrogen and oxygen atoms in total. The average Bonchev–Trinajstić information content (AvgIpc) is 2.66. The van der Waals surface area contributed by atoms with E-state index in [0.717, 1.165) is 10.4 Å². The lowest BCUT2D eigenvalue weighted by Gasteiger charge is -2.24. The van der Waals surface area contributed by atoms with Crippen LogP contribution in [0.3, 0.4) is 0 Å². The van der Waals surface area contributed by atoms with E-state index in [4.69, 9.17) is 4.74 Å². The number of esters is 1. The van der Waals surface area contributed by atoms with Crippen LogP contribution in [0.25, 0.3) is 0 Å². The number of hydrogen-bond acceptors (Lipinski definition) is 4. The summed E-state index contributed by atoms with van der Waals surface area (Å²) in [6.07, 6.45) is 0.695. The van der Waals surface area contributed by atoms with Gasteiger partial charge in [-0.1, -0.05) is 0 Å². The Bertz CT molecular complexity index is 358. The number of thiophene rings is 1. The van der Waals surface area contributed by atoms with Gasteiger partial charge in [0.25, 0.3) is 0 Å². The second kappa shape index (κ2) is 4.33. The van der Waals surface area contributed by atoms with Crippen molar-refractivity contribution in [2.75, 3.05) is 6.61 Å². The molecule has 15 heavy (non-hydrogen) atoms. The van der Waals surface area contributed by atoms with E-state index < -0.39 is 6.10 Å². The summed E-state index contributed by atoms with van der Waals surface area (Å²) in [4.78, 5) is 12.7. The van der Waals surface area contributed by atoms with E-state index in [1.165, 1.54) is 0 Å². The van der Waals surface area contributed by atoms with E-state index in [-0.39, 0.29) is 11.9 Å². The molecule has 0 aromatic carbocycles. The maximum atomic E-state index is 11.5. The number of carbonyl (C=O) groups is 1. The monoisotopic (exact) mass is 226 g/mol. The Kier molecular flexibility index (Phi) is 3.07. The minimum absolute atomic E-state index is 0.175. The molecule has 2 atom stereocenters. The van der Waals surface area contributed by atoms with Crippen molar-refractivity contribution < 1.29 is 14.6 Å². The number of aliphatic hydroxyl groups is 1. The molecule has 0 aliphatic heterocycles. The number of carbonyl (C=O) groups excluding carboxylic acids is 1. The first kappa shape index (κ1) is 10.6. The highest BCUT2D eigenvalue weighted by Gasteiger charge is 2.31. The number of fused-ring (bicyclic) bond motifs is 1. The highest BCUT2D eigenvalue weighted by atomic mass is 32.1. The number of ether oxygens (including phenoxy) is 1. The molecule has 4 heteroatoms. The molecule has 0 saturated heterocycles. The first-order valence-electron chi connectivity index (χ1n) is 5.13. The van der Waals surface area contributed by atoms with Gasteiger partial charge in [0, 0.05) is 4.88 Å². The molecule has 1 aliphatic rings. The van der Waals surface area contributed by atoms with Gasteiger partial charge in [0.05, 0.1) is 18.6 Å². The lowest BCUT2D eigenvalue weighted by Crippen LogP contribution is -2.26.